The van der Waals surface area contributed by atoms with E-state index in [0.717, 1.165) is 0 Å². The van der Waals surface area contributed by atoms with Gasteiger partial charge in [0.05, 0.1) is 17.9 Å². The van der Waals surface area contributed by atoms with E-state index in [9.17, 15) is 9.18 Å². The van der Waals surface area contributed by atoms with E-state index in [1.807, 2.05) is 0 Å². The van der Waals surface area contributed by atoms with Crippen LogP contribution in [0, 0.1) is 5.82 Å². The molecule has 2 aromatic carbocycles. The minimum Gasteiger partial charge on any atom is -0.397 e. The lowest BCUT2D eigenvalue weighted by atomic mass is 10.2. The SMILES string of the molecule is CN(CC(=O)Nc1ccc(F)cc1)c1cc(Cl)ccc1N. The van der Waals surface area contributed by atoms with Crippen molar-refractivity contribution in [3.63, 3.8) is 0 Å². The Labute approximate surface area is 127 Å². The summed E-state index contributed by atoms with van der Waals surface area (Å²) in [5.41, 5.74) is 7.61. The third-order valence-corrected chi connectivity index (χ3v) is 3.15. The van der Waals surface area contributed by atoms with Crippen molar-refractivity contribution in [2.45, 2.75) is 0 Å². The second-order valence-electron chi connectivity index (χ2n) is 4.61. The third kappa shape index (κ3) is 4.10. The Bertz CT molecular complexity index is 646. The number of nitrogens with one attached hydrogen (secondary N) is 1. The number of amides is 1. The Morgan fingerprint density at radius 1 is 1.29 bits per heavy atom. The van der Waals surface area contributed by atoms with Crippen molar-refractivity contribution in [3.8, 4) is 0 Å². The number of hydrogen-bond acceptors (Lipinski definition) is 3. The third-order valence-electron chi connectivity index (χ3n) is 2.91. The first-order valence-electron chi connectivity index (χ1n) is 6.27. The molecular weight excluding hydrogens is 293 g/mol. The molecule has 1 amide bonds. The molecule has 0 fully saturated rings. The van der Waals surface area contributed by atoms with Crippen LogP contribution in [0.3, 0.4) is 0 Å². The highest BCUT2D eigenvalue weighted by atomic mass is 35.5. The van der Waals surface area contributed by atoms with Gasteiger partial charge in [-0.1, -0.05) is 11.6 Å². The number of hydrogen-bond donors (Lipinski definition) is 2. The molecule has 0 spiro atoms. The van der Waals surface area contributed by atoms with Crippen LogP contribution in [0.25, 0.3) is 0 Å². The maximum atomic E-state index is 12.8. The number of likely N-dealkylation sites (N-methyl/N-ethyl adjacent to an activating group) is 1. The van der Waals surface area contributed by atoms with Crippen molar-refractivity contribution in [1.82, 2.24) is 0 Å². The molecule has 4 nitrogen and oxygen atoms in total. The van der Waals surface area contributed by atoms with Gasteiger partial charge >= 0.3 is 0 Å². The molecule has 0 aliphatic carbocycles. The van der Waals surface area contributed by atoms with Crippen LogP contribution >= 0.6 is 11.6 Å². The number of nitrogens with zero attached hydrogens (tertiary/aromatic N) is 1. The molecule has 6 heteroatoms. The van der Waals surface area contributed by atoms with Crippen LogP contribution in [0.1, 0.15) is 0 Å². The second-order valence-corrected chi connectivity index (χ2v) is 5.05. The molecule has 0 aromatic heterocycles. The average molecular weight is 308 g/mol. The summed E-state index contributed by atoms with van der Waals surface area (Å²) in [4.78, 5) is 13.7. The molecule has 0 aliphatic rings. The summed E-state index contributed by atoms with van der Waals surface area (Å²) in [5, 5.41) is 3.23. The first kappa shape index (κ1) is 15.1. The van der Waals surface area contributed by atoms with Crippen LogP contribution in [0.5, 0.6) is 0 Å². The van der Waals surface area contributed by atoms with E-state index in [2.05, 4.69) is 5.32 Å². The van der Waals surface area contributed by atoms with Crippen LogP contribution in [0.2, 0.25) is 5.02 Å². The van der Waals surface area contributed by atoms with Gasteiger partial charge in [-0.25, -0.2) is 4.39 Å². The molecule has 2 aromatic rings. The number of anilines is 3. The van der Waals surface area contributed by atoms with Crippen molar-refractivity contribution in [2.24, 2.45) is 0 Å². The minimum absolute atomic E-state index is 0.0991. The highest BCUT2D eigenvalue weighted by molar-refractivity contribution is 6.31. The van der Waals surface area contributed by atoms with E-state index in [1.165, 1.54) is 24.3 Å². The van der Waals surface area contributed by atoms with Crippen molar-refractivity contribution in [1.29, 1.82) is 0 Å². The van der Waals surface area contributed by atoms with Crippen molar-refractivity contribution in [2.75, 3.05) is 29.5 Å². The fraction of sp³-hybridized carbons (Fsp3) is 0.133. The number of halogens is 2. The number of carbonyl (C=O) groups is 1. The molecular formula is C15H15ClFN3O. The number of rotatable bonds is 4. The maximum absolute atomic E-state index is 12.8. The lowest BCUT2D eigenvalue weighted by molar-refractivity contribution is -0.114. The summed E-state index contributed by atoms with van der Waals surface area (Å²) >= 11 is 5.92. The van der Waals surface area contributed by atoms with E-state index >= 15 is 0 Å². The Morgan fingerprint density at radius 2 is 1.95 bits per heavy atom. The zero-order valence-corrected chi connectivity index (χ0v) is 12.2. The molecule has 0 bridgehead atoms. The largest absolute Gasteiger partial charge is 0.397 e. The molecule has 2 rings (SSSR count). The van der Waals surface area contributed by atoms with Gasteiger partial charge in [0.25, 0.3) is 0 Å². The number of carbonyl (C=O) groups excluding carboxylic acids is 1. The fourth-order valence-corrected chi connectivity index (χ4v) is 2.05. The second kappa shape index (κ2) is 6.45. The Balaban J connectivity index is 2.01. The smallest absolute Gasteiger partial charge is 0.243 e. The minimum atomic E-state index is -0.350. The van der Waals surface area contributed by atoms with Crippen molar-refractivity contribution >= 4 is 34.6 Å². The molecule has 0 saturated heterocycles. The van der Waals surface area contributed by atoms with Gasteiger partial charge in [-0.2, -0.15) is 0 Å². The van der Waals surface area contributed by atoms with Crippen LogP contribution in [0.4, 0.5) is 21.5 Å². The summed E-state index contributed by atoms with van der Waals surface area (Å²) in [7, 11) is 1.74. The van der Waals surface area contributed by atoms with Gasteiger partial charge in [0.2, 0.25) is 5.91 Å². The Kier molecular flexibility index (Phi) is 4.65. The molecule has 0 heterocycles. The lowest BCUT2D eigenvalue weighted by Crippen LogP contribution is -2.30. The number of nitrogens with two attached hydrogens (primary N) is 1. The number of nitrogen functional groups attached to an aromatic ring is 1. The molecule has 110 valence electrons. The zero-order chi connectivity index (χ0) is 15.4. The summed E-state index contributed by atoms with van der Waals surface area (Å²) in [6.45, 7) is 0.0991. The molecule has 3 N–H and O–H groups in total. The van der Waals surface area contributed by atoms with E-state index in [1.54, 1.807) is 30.1 Å². The van der Waals surface area contributed by atoms with E-state index < -0.39 is 0 Å². The summed E-state index contributed by atoms with van der Waals surface area (Å²) in [6.07, 6.45) is 0. The van der Waals surface area contributed by atoms with E-state index in [4.69, 9.17) is 17.3 Å². The molecule has 0 aliphatic heterocycles. The first-order valence-corrected chi connectivity index (χ1v) is 6.65. The Morgan fingerprint density at radius 3 is 2.62 bits per heavy atom. The predicted molar refractivity (Wildman–Crippen MR) is 84.2 cm³/mol. The average Bonchev–Trinajstić information content (AvgIpc) is 2.44. The Hall–Kier alpha value is -2.27. The van der Waals surface area contributed by atoms with Gasteiger partial charge in [0, 0.05) is 17.8 Å². The van der Waals surface area contributed by atoms with Crippen molar-refractivity contribution in [3.05, 3.63) is 53.3 Å². The zero-order valence-electron chi connectivity index (χ0n) is 11.4. The molecule has 0 atom stereocenters. The standard InChI is InChI=1S/C15H15ClFN3O/c1-20(14-8-10(16)2-7-13(14)18)9-15(21)19-12-5-3-11(17)4-6-12/h2-8H,9,18H2,1H3,(H,19,21). The molecule has 21 heavy (non-hydrogen) atoms. The van der Waals surface area contributed by atoms with E-state index in [-0.39, 0.29) is 18.3 Å². The summed E-state index contributed by atoms with van der Waals surface area (Å²) < 4.78 is 12.8. The van der Waals surface area contributed by atoms with Gasteiger partial charge in [-0.05, 0) is 42.5 Å². The lowest BCUT2D eigenvalue weighted by Gasteiger charge is -2.20. The van der Waals surface area contributed by atoms with Gasteiger partial charge in [-0.15, -0.1) is 0 Å². The summed E-state index contributed by atoms with van der Waals surface area (Å²) in [6, 6.07) is 10.6. The van der Waals surface area contributed by atoms with Crippen LogP contribution in [-0.2, 0) is 4.79 Å². The van der Waals surface area contributed by atoms with Crippen LogP contribution < -0.4 is 16.0 Å². The molecule has 0 saturated carbocycles. The van der Waals surface area contributed by atoms with Crippen LogP contribution in [0.15, 0.2) is 42.5 Å². The quantitative estimate of drug-likeness (QED) is 0.853. The normalized spacial score (nSPS) is 10.2. The van der Waals surface area contributed by atoms with E-state index in [0.29, 0.717) is 22.1 Å². The van der Waals surface area contributed by atoms with Crippen molar-refractivity contribution < 1.29 is 9.18 Å². The topological polar surface area (TPSA) is 58.4 Å². The van der Waals surface area contributed by atoms with Gasteiger partial charge in [0.1, 0.15) is 5.82 Å². The van der Waals surface area contributed by atoms with Gasteiger partial charge < -0.3 is 16.0 Å². The molecule has 0 unspecified atom stereocenters. The fourth-order valence-electron chi connectivity index (χ4n) is 1.88. The highest BCUT2D eigenvalue weighted by Gasteiger charge is 2.11. The predicted octanol–water partition coefficient (Wildman–Crippen LogP) is 3.14. The summed E-state index contributed by atoms with van der Waals surface area (Å²) in [5.74, 6) is -0.583. The first-order chi connectivity index (χ1) is 9.95. The van der Waals surface area contributed by atoms with Gasteiger partial charge in [-0.3, -0.25) is 4.79 Å². The maximum Gasteiger partial charge on any atom is 0.243 e. The van der Waals surface area contributed by atoms with Gasteiger partial charge in [0.15, 0.2) is 0 Å². The van der Waals surface area contributed by atoms with Crippen LogP contribution in [-0.4, -0.2) is 19.5 Å². The molecule has 0 radical (unpaired) electrons. The monoisotopic (exact) mass is 307 g/mol. The highest BCUT2D eigenvalue weighted by Crippen LogP contribution is 2.25. The number of benzene rings is 2.